The standard InChI is InChI=1S/C19H21NO4/c1-4-12(2)24-15-8-5-7-14(11-15)18(21)20-17-10-6-9-16(13(17)3)19(22)23/h5-12H,4H2,1-3H3,(H,20,21)(H,22,23)/t12-/m0/s1. The van der Waals surface area contributed by atoms with E-state index in [1.165, 1.54) is 6.07 Å². The second-order valence-corrected chi connectivity index (χ2v) is 5.60. The highest BCUT2D eigenvalue weighted by molar-refractivity contribution is 6.05. The fraction of sp³-hybridized carbons (Fsp3) is 0.263. The molecule has 5 heteroatoms. The van der Waals surface area contributed by atoms with Gasteiger partial charge < -0.3 is 15.2 Å². The van der Waals surface area contributed by atoms with Crippen LogP contribution in [0, 0.1) is 6.92 Å². The molecule has 0 radical (unpaired) electrons. The molecular formula is C19H21NO4. The lowest BCUT2D eigenvalue weighted by Gasteiger charge is -2.14. The molecule has 1 amide bonds. The van der Waals surface area contributed by atoms with Gasteiger partial charge in [-0.1, -0.05) is 19.1 Å². The van der Waals surface area contributed by atoms with Crippen LogP contribution in [0.1, 0.15) is 46.5 Å². The molecule has 0 fully saturated rings. The summed E-state index contributed by atoms with van der Waals surface area (Å²) in [6.07, 6.45) is 0.940. The zero-order valence-electron chi connectivity index (χ0n) is 14.0. The van der Waals surface area contributed by atoms with E-state index in [2.05, 4.69) is 5.32 Å². The number of amides is 1. The molecule has 0 heterocycles. The van der Waals surface area contributed by atoms with Crippen LogP contribution < -0.4 is 10.1 Å². The van der Waals surface area contributed by atoms with Crippen LogP contribution in [0.3, 0.4) is 0 Å². The zero-order chi connectivity index (χ0) is 17.7. The fourth-order valence-electron chi connectivity index (χ4n) is 2.22. The van der Waals surface area contributed by atoms with E-state index in [1.807, 2.05) is 13.8 Å². The van der Waals surface area contributed by atoms with E-state index in [0.29, 0.717) is 22.6 Å². The number of aromatic carboxylic acids is 1. The lowest BCUT2D eigenvalue weighted by Crippen LogP contribution is -2.15. The van der Waals surface area contributed by atoms with Crippen LogP contribution in [0.4, 0.5) is 5.69 Å². The van der Waals surface area contributed by atoms with E-state index in [1.54, 1.807) is 43.3 Å². The van der Waals surface area contributed by atoms with Crippen molar-refractivity contribution in [3.05, 3.63) is 59.2 Å². The van der Waals surface area contributed by atoms with E-state index < -0.39 is 5.97 Å². The summed E-state index contributed by atoms with van der Waals surface area (Å²) in [6, 6.07) is 11.7. The summed E-state index contributed by atoms with van der Waals surface area (Å²) >= 11 is 0. The number of benzene rings is 2. The van der Waals surface area contributed by atoms with Gasteiger partial charge in [-0.3, -0.25) is 4.79 Å². The average Bonchev–Trinajstić information content (AvgIpc) is 2.56. The summed E-state index contributed by atoms with van der Waals surface area (Å²) in [4.78, 5) is 23.6. The van der Waals surface area contributed by atoms with Gasteiger partial charge in [0.05, 0.1) is 11.7 Å². The largest absolute Gasteiger partial charge is 0.491 e. The normalized spacial score (nSPS) is 11.6. The van der Waals surface area contributed by atoms with Crippen LogP contribution in [0.5, 0.6) is 5.75 Å². The number of carbonyl (C=O) groups is 2. The monoisotopic (exact) mass is 327 g/mol. The highest BCUT2D eigenvalue weighted by atomic mass is 16.5. The lowest BCUT2D eigenvalue weighted by atomic mass is 10.1. The van der Waals surface area contributed by atoms with Crippen molar-refractivity contribution < 1.29 is 19.4 Å². The molecule has 1 atom stereocenters. The van der Waals surface area contributed by atoms with Gasteiger partial charge in [-0.2, -0.15) is 0 Å². The van der Waals surface area contributed by atoms with Gasteiger partial charge in [0.15, 0.2) is 0 Å². The van der Waals surface area contributed by atoms with Crippen molar-refractivity contribution >= 4 is 17.6 Å². The van der Waals surface area contributed by atoms with Gasteiger partial charge in [0.25, 0.3) is 5.91 Å². The van der Waals surface area contributed by atoms with Crippen LogP contribution in [0.25, 0.3) is 0 Å². The van der Waals surface area contributed by atoms with Gasteiger partial charge in [0.1, 0.15) is 5.75 Å². The van der Waals surface area contributed by atoms with Crippen molar-refractivity contribution in [2.45, 2.75) is 33.3 Å². The molecule has 2 aromatic carbocycles. The Morgan fingerprint density at radius 1 is 1.21 bits per heavy atom. The van der Waals surface area contributed by atoms with Gasteiger partial charge >= 0.3 is 5.97 Å². The van der Waals surface area contributed by atoms with Crippen molar-refractivity contribution in [1.82, 2.24) is 0 Å². The highest BCUT2D eigenvalue weighted by Crippen LogP contribution is 2.21. The van der Waals surface area contributed by atoms with Gasteiger partial charge in [-0.05, 0) is 56.2 Å². The Kier molecular flexibility index (Phi) is 5.58. The molecule has 126 valence electrons. The molecule has 0 aliphatic carbocycles. The maximum absolute atomic E-state index is 12.4. The molecule has 2 N–H and O–H groups in total. The number of hydrogen-bond donors (Lipinski definition) is 2. The predicted molar refractivity (Wildman–Crippen MR) is 92.9 cm³/mol. The van der Waals surface area contributed by atoms with Crippen molar-refractivity contribution in [3.63, 3.8) is 0 Å². The molecule has 0 saturated carbocycles. The van der Waals surface area contributed by atoms with Crippen LogP contribution in [-0.2, 0) is 0 Å². The second-order valence-electron chi connectivity index (χ2n) is 5.60. The van der Waals surface area contributed by atoms with E-state index >= 15 is 0 Å². The Morgan fingerprint density at radius 2 is 1.92 bits per heavy atom. The maximum Gasteiger partial charge on any atom is 0.336 e. The first kappa shape index (κ1) is 17.5. The first-order valence-electron chi connectivity index (χ1n) is 7.83. The van der Waals surface area contributed by atoms with Crippen molar-refractivity contribution in [3.8, 4) is 5.75 Å². The quantitative estimate of drug-likeness (QED) is 0.836. The topological polar surface area (TPSA) is 75.6 Å². The van der Waals surface area contributed by atoms with Crippen molar-refractivity contribution in [2.24, 2.45) is 0 Å². The SMILES string of the molecule is CC[C@H](C)Oc1cccc(C(=O)Nc2cccc(C(=O)O)c2C)c1. The van der Waals surface area contributed by atoms with Crippen LogP contribution in [0.15, 0.2) is 42.5 Å². The number of carbonyl (C=O) groups excluding carboxylic acids is 1. The van der Waals surface area contributed by atoms with Crippen LogP contribution in [-0.4, -0.2) is 23.1 Å². The molecule has 0 aliphatic heterocycles. The molecule has 2 aromatic rings. The molecule has 0 saturated heterocycles. The Morgan fingerprint density at radius 3 is 2.58 bits per heavy atom. The van der Waals surface area contributed by atoms with Crippen LogP contribution in [0.2, 0.25) is 0 Å². The second kappa shape index (κ2) is 7.64. The molecule has 0 bridgehead atoms. The smallest absolute Gasteiger partial charge is 0.336 e. The number of hydrogen-bond acceptors (Lipinski definition) is 3. The molecule has 0 aromatic heterocycles. The number of nitrogens with one attached hydrogen (secondary N) is 1. The molecular weight excluding hydrogens is 306 g/mol. The molecule has 24 heavy (non-hydrogen) atoms. The number of carboxylic acids is 1. The summed E-state index contributed by atoms with van der Waals surface area (Å²) in [5.74, 6) is -0.698. The van der Waals surface area contributed by atoms with Crippen LogP contribution >= 0.6 is 0 Å². The Hall–Kier alpha value is -2.82. The van der Waals surface area contributed by atoms with E-state index in [-0.39, 0.29) is 17.6 Å². The summed E-state index contributed by atoms with van der Waals surface area (Å²) in [6.45, 7) is 5.66. The Balaban J connectivity index is 2.20. The van der Waals surface area contributed by atoms with Gasteiger partial charge in [0.2, 0.25) is 0 Å². The number of rotatable bonds is 6. The molecule has 0 aliphatic rings. The molecule has 0 unspecified atom stereocenters. The Labute approximate surface area is 141 Å². The number of carboxylic acid groups (broad SMARTS) is 1. The third-order valence-electron chi connectivity index (χ3n) is 3.82. The first-order chi connectivity index (χ1) is 11.4. The highest BCUT2D eigenvalue weighted by Gasteiger charge is 2.13. The minimum absolute atomic E-state index is 0.0674. The third kappa shape index (κ3) is 4.13. The Bertz CT molecular complexity index is 755. The van der Waals surface area contributed by atoms with E-state index in [4.69, 9.17) is 9.84 Å². The summed E-state index contributed by atoms with van der Waals surface area (Å²) in [5, 5.41) is 11.9. The average molecular weight is 327 g/mol. The van der Waals surface area contributed by atoms with Gasteiger partial charge in [-0.15, -0.1) is 0 Å². The zero-order valence-corrected chi connectivity index (χ0v) is 14.0. The maximum atomic E-state index is 12.4. The molecule has 5 nitrogen and oxygen atoms in total. The minimum Gasteiger partial charge on any atom is -0.491 e. The van der Waals surface area contributed by atoms with E-state index in [0.717, 1.165) is 6.42 Å². The molecule has 0 spiro atoms. The third-order valence-corrected chi connectivity index (χ3v) is 3.82. The summed E-state index contributed by atoms with van der Waals surface area (Å²) < 4.78 is 5.72. The fourth-order valence-corrected chi connectivity index (χ4v) is 2.22. The van der Waals surface area contributed by atoms with Gasteiger partial charge in [-0.25, -0.2) is 4.79 Å². The summed E-state index contributed by atoms with van der Waals surface area (Å²) in [7, 11) is 0. The lowest BCUT2D eigenvalue weighted by molar-refractivity contribution is 0.0695. The van der Waals surface area contributed by atoms with Crippen molar-refractivity contribution in [1.29, 1.82) is 0 Å². The van der Waals surface area contributed by atoms with E-state index in [9.17, 15) is 9.59 Å². The van der Waals surface area contributed by atoms with Gasteiger partial charge in [0, 0.05) is 11.3 Å². The predicted octanol–water partition coefficient (Wildman–Crippen LogP) is 4.12. The van der Waals surface area contributed by atoms with Crippen molar-refractivity contribution in [2.75, 3.05) is 5.32 Å². The minimum atomic E-state index is -1.02. The number of anilines is 1. The number of ether oxygens (including phenoxy) is 1. The first-order valence-corrected chi connectivity index (χ1v) is 7.83. The summed E-state index contributed by atoms with van der Waals surface area (Å²) in [5.41, 5.74) is 1.62. The molecule has 2 rings (SSSR count).